The Hall–Kier alpha value is -2.42. The maximum atomic E-state index is 12.6. The molecule has 9 heteroatoms. The summed E-state index contributed by atoms with van der Waals surface area (Å²) in [6.07, 6.45) is 0. The van der Waals surface area contributed by atoms with Crippen molar-refractivity contribution in [2.75, 3.05) is 12.8 Å². The van der Waals surface area contributed by atoms with Gasteiger partial charge in [0, 0.05) is 17.6 Å². The highest BCUT2D eigenvalue weighted by Crippen LogP contribution is 2.30. The van der Waals surface area contributed by atoms with Gasteiger partial charge in [-0.05, 0) is 37.3 Å². The minimum Gasteiger partial charge on any atom is -0.411 e. The number of hydrogen-bond acceptors (Lipinski definition) is 7. The first-order valence-corrected chi connectivity index (χ1v) is 11.0. The highest BCUT2D eigenvalue weighted by Gasteiger charge is 2.21. The maximum Gasteiger partial charge on any atom is 0.277 e. The molecule has 0 aliphatic carbocycles. The molecule has 1 atom stereocenters. The zero-order chi connectivity index (χ0) is 20.4. The SMILES string of the molecule is C[C@H](c1nc2ccccc2s1)N(C)C(=O)CSc1nnc(-c2cccc(Cl)c2)o1. The van der Waals surface area contributed by atoms with E-state index >= 15 is 0 Å². The average molecular weight is 445 g/mol. The van der Waals surface area contributed by atoms with Crippen LogP contribution >= 0.6 is 34.7 Å². The number of aromatic nitrogens is 3. The van der Waals surface area contributed by atoms with E-state index in [2.05, 4.69) is 15.2 Å². The fraction of sp³-hybridized carbons (Fsp3) is 0.200. The Bertz CT molecular complexity index is 1130. The van der Waals surface area contributed by atoms with Gasteiger partial charge in [0.15, 0.2) is 0 Å². The van der Waals surface area contributed by atoms with Crippen LogP contribution in [0.1, 0.15) is 18.0 Å². The zero-order valence-corrected chi connectivity index (χ0v) is 18.1. The van der Waals surface area contributed by atoms with E-state index in [-0.39, 0.29) is 17.7 Å². The molecule has 2 heterocycles. The molecule has 0 spiro atoms. The molecule has 0 unspecified atom stereocenters. The number of hydrogen-bond donors (Lipinski definition) is 0. The predicted molar refractivity (Wildman–Crippen MR) is 116 cm³/mol. The molecule has 29 heavy (non-hydrogen) atoms. The predicted octanol–water partition coefficient (Wildman–Crippen LogP) is 5.31. The standard InChI is InChI=1S/C20H17ClN4O2S2/c1-12(19-22-15-8-3-4-9-16(15)29-19)25(2)17(26)11-28-20-24-23-18(27-20)13-6-5-7-14(21)10-13/h3-10,12H,11H2,1-2H3/t12-/m1/s1. The Morgan fingerprint density at radius 2 is 2.07 bits per heavy atom. The Balaban J connectivity index is 1.39. The van der Waals surface area contributed by atoms with E-state index in [1.807, 2.05) is 43.3 Å². The van der Waals surface area contributed by atoms with Gasteiger partial charge in [-0.25, -0.2) is 4.98 Å². The van der Waals surface area contributed by atoms with Gasteiger partial charge < -0.3 is 9.32 Å². The van der Waals surface area contributed by atoms with Crippen LogP contribution in [0.5, 0.6) is 0 Å². The topological polar surface area (TPSA) is 72.1 Å². The van der Waals surface area contributed by atoms with Crippen molar-refractivity contribution in [1.29, 1.82) is 0 Å². The molecule has 6 nitrogen and oxygen atoms in total. The lowest BCUT2D eigenvalue weighted by Crippen LogP contribution is -2.31. The first kappa shape index (κ1) is 19.9. The number of amides is 1. The molecule has 0 aliphatic heterocycles. The van der Waals surface area contributed by atoms with Crippen molar-refractivity contribution in [1.82, 2.24) is 20.1 Å². The van der Waals surface area contributed by atoms with Crippen molar-refractivity contribution in [3.8, 4) is 11.5 Å². The number of rotatable bonds is 6. The number of carbonyl (C=O) groups excluding carboxylic acids is 1. The number of halogens is 1. The van der Waals surface area contributed by atoms with Gasteiger partial charge in [-0.15, -0.1) is 21.5 Å². The van der Waals surface area contributed by atoms with Crippen LogP contribution < -0.4 is 0 Å². The van der Waals surface area contributed by atoms with E-state index in [4.69, 9.17) is 16.0 Å². The number of thioether (sulfide) groups is 1. The van der Waals surface area contributed by atoms with Gasteiger partial charge in [0.05, 0.1) is 22.0 Å². The number of thiazole rings is 1. The lowest BCUT2D eigenvalue weighted by molar-refractivity contribution is -0.128. The quantitative estimate of drug-likeness (QED) is 0.375. The normalized spacial score (nSPS) is 12.2. The minimum absolute atomic E-state index is 0.0377. The van der Waals surface area contributed by atoms with E-state index in [9.17, 15) is 4.79 Å². The molecule has 4 rings (SSSR count). The Labute approximate surface area is 180 Å². The van der Waals surface area contributed by atoms with Crippen LogP contribution in [0, 0.1) is 0 Å². The van der Waals surface area contributed by atoms with Crippen LogP contribution in [0.15, 0.2) is 58.2 Å². The molecule has 1 amide bonds. The molecule has 0 saturated heterocycles. The largest absolute Gasteiger partial charge is 0.411 e. The molecule has 148 valence electrons. The summed E-state index contributed by atoms with van der Waals surface area (Å²) in [5, 5.41) is 9.88. The van der Waals surface area contributed by atoms with Gasteiger partial charge in [-0.2, -0.15) is 0 Å². The second-order valence-electron chi connectivity index (χ2n) is 6.37. The molecule has 0 saturated carbocycles. The zero-order valence-electron chi connectivity index (χ0n) is 15.7. The number of nitrogens with zero attached hydrogens (tertiary/aromatic N) is 4. The molecule has 4 aromatic rings. The van der Waals surface area contributed by atoms with Gasteiger partial charge >= 0.3 is 0 Å². The summed E-state index contributed by atoms with van der Waals surface area (Å²) in [4.78, 5) is 19.0. The minimum atomic E-state index is -0.120. The number of para-hydroxylation sites is 1. The molecule has 0 N–H and O–H groups in total. The summed E-state index contributed by atoms with van der Waals surface area (Å²) in [6, 6.07) is 15.0. The molecular formula is C20H17ClN4O2S2. The van der Waals surface area contributed by atoms with Gasteiger partial charge in [-0.3, -0.25) is 4.79 Å². The fourth-order valence-electron chi connectivity index (χ4n) is 2.68. The van der Waals surface area contributed by atoms with Crippen molar-refractivity contribution in [3.63, 3.8) is 0 Å². The van der Waals surface area contributed by atoms with E-state index in [0.717, 1.165) is 20.8 Å². The lowest BCUT2D eigenvalue weighted by Gasteiger charge is -2.22. The monoisotopic (exact) mass is 444 g/mol. The highest BCUT2D eigenvalue weighted by molar-refractivity contribution is 7.99. The fourth-order valence-corrected chi connectivity index (χ4v) is 4.62. The van der Waals surface area contributed by atoms with Crippen LogP contribution in [0.25, 0.3) is 21.7 Å². The summed E-state index contributed by atoms with van der Waals surface area (Å²) in [6.45, 7) is 1.98. The van der Waals surface area contributed by atoms with Crippen molar-refractivity contribution in [2.45, 2.75) is 18.2 Å². The van der Waals surface area contributed by atoms with Gasteiger partial charge in [0.1, 0.15) is 5.01 Å². The molecule has 0 radical (unpaired) electrons. The second-order valence-corrected chi connectivity index (χ2v) is 8.80. The third-order valence-corrected chi connectivity index (χ3v) is 6.68. The molecule has 0 bridgehead atoms. The number of carbonyl (C=O) groups is 1. The first-order valence-electron chi connectivity index (χ1n) is 8.84. The maximum absolute atomic E-state index is 12.6. The van der Waals surface area contributed by atoms with Crippen molar-refractivity contribution >= 4 is 50.8 Å². The van der Waals surface area contributed by atoms with Gasteiger partial charge in [-0.1, -0.05) is 41.6 Å². The summed E-state index contributed by atoms with van der Waals surface area (Å²) >= 11 is 8.81. The molecule has 0 fully saturated rings. The molecular weight excluding hydrogens is 428 g/mol. The van der Waals surface area contributed by atoms with Crippen LogP contribution in [0.3, 0.4) is 0 Å². The van der Waals surface area contributed by atoms with Gasteiger partial charge in [0.2, 0.25) is 11.8 Å². The summed E-state index contributed by atoms with van der Waals surface area (Å²) < 4.78 is 6.76. The summed E-state index contributed by atoms with van der Waals surface area (Å²) in [5.74, 6) is 0.533. The third-order valence-electron chi connectivity index (χ3n) is 4.44. The highest BCUT2D eigenvalue weighted by atomic mass is 35.5. The number of fused-ring (bicyclic) bond motifs is 1. The Kier molecular flexibility index (Phi) is 5.84. The van der Waals surface area contributed by atoms with Crippen LogP contribution in [0.4, 0.5) is 0 Å². The Morgan fingerprint density at radius 3 is 2.86 bits per heavy atom. The second kappa shape index (κ2) is 8.52. The van der Waals surface area contributed by atoms with Crippen molar-refractivity contribution in [3.05, 3.63) is 58.6 Å². The van der Waals surface area contributed by atoms with Crippen LogP contribution in [-0.2, 0) is 4.79 Å². The van der Waals surface area contributed by atoms with Crippen LogP contribution in [-0.4, -0.2) is 38.8 Å². The van der Waals surface area contributed by atoms with Crippen molar-refractivity contribution in [2.24, 2.45) is 0 Å². The van der Waals surface area contributed by atoms with E-state index < -0.39 is 0 Å². The summed E-state index contributed by atoms with van der Waals surface area (Å²) in [5.41, 5.74) is 1.69. The molecule has 2 aromatic heterocycles. The van der Waals surface area contributed by atoms with E-state index in [1.54, 1.807) is 35.4 Å². The lowest BCUT2D eigenvalue weighted by atomic mass is 10.2. The summed E-state index contributed by atoms with van der Waals surface area (Å²) in [7, 11) is 1.78. The van der Waals surface area contributed by atoms with Crippen molar-refractivity contribution < 1.29 is 9.21 Å². The van der Waals surface area contributed by atoms with Crippen LogP contribution in [0.2, 0.25) is 5.02 Å². The smallest absolute Gasteiger partial charge is 0.277 e. The third kappa shape index (κ3) is 4.44. The first-order chi connectivity index (χ1) is 14.0. The Morgan fingerprint density at radius 1 is 1.24 bits per heavy atom. The molecule has 2 aromatic carbocycles. The van der Waals surface area contributed by atoms with E-state index in [0.29, 0.717) is 16.1 Å². The van der Waals surface area contributed by atoms with E-state index in [1.165, 1.54) is 11.8 Å². The number of benzene rings is 2. The average Bonchev–Trinajstić information content (AvgIpc) is 3.38. The van der Waals surface area contributed by atoms with Gasteiger partial charge in [0.25, 0.3) is 5.22 Å². The molecule has 0 aliphatic rings.